The third kappa shape index (κ3) is 19.4. The average molecular weight is 763 g/mol. The van der Waals surface area contributed by atoms with Gasteiger partial charge in [-0.1, -0.05) is 119 Å². The molecule has 1 aromatic carbocycles. The minimum absolute atomic E-state index is 0.0476. The van der Waals surface area contributed by atoms with Gasteiger partial charge in [0, 0.05) is 38.5 Å². The van der Waals surface area contributed by atoms with E-state index in [-0.39, 0.29) is 38.5 Å². The molecule has 0 aliphatic carbocycles. The van der Waals surface area contributed by atoms with Gasteiger partial charge in [0.15, 0.2) is 0 Å². The van der Waals surface area contributed by atoms with Crippen LogP contribution in [-0.4, -0.2) is 35.8 Å². The fraction of sp³-hybridized carbons (Fsp3) is 0.714. The van der Waals surface area contributed by atoms with Crippen molar-refractivity contribution in [3.8, 4) is 34.5 Å². The second-order valence-electron chi connectivity index (χ2n) is 13.6. The maximum Gasteiger partial charge on any atom is 0.311 e. The van der Waals surface area contributed by atoms with Crippen molar-refractivity contribution in [3.63, 3.8) is 0 Å². The van der Waals surface area contributed by atoms with Crippen molar-refractivity contribution in [1.82, 2.24) is 0 Å². The van der Waals surface area contributed by atoms with E-state index >= 15 is 0 Å². The van der Waals surface area contributed by atoms with E-state index in [1.807, 2.05) is 41.5 Å². The van der Waals surface area contributed by atoms with Crippen molar-refractivity contribution in [1.29, 1.82) is 0 Å². The Balaban J connectivity index is 4.29. The SMILES string of the molecule is CCCCCC(=O)Oc1c(OC(=O)CCCCC)c(OC(=O)CCCCC)c(OC(=O)CCCCC)c(OC(=O)CCCCC)c1OC(=O)CCCCC. The first-order valence-corrected chi connectivity index (χ1v) is 20.5. The lowest BCUT2D eigenvalue weighted by atomic mass is 10.1. The molecule has 0 saturated carbocycles. The van der Waals surface area contributed by atoms with Crippen molar-refractivity contribution in [2.45, 2.75) is 196 Å². The number of unbranched alkanes of at least 4 members (excludes halogenated alkanes) is 12. The molecule has 0 atom stereocenters. The predicted molar refractivity (Wildman–Crippen MR) is 205 cm³/mol. The maximum absolute atomic E-state index is 13.4. The van der Waals surface area contributed by atoms with Crippen LogP contribution in [0.3, 0.4) is 0 Å². The summed E-state index contributed by atoms with van der Waals surface area (Å²) in [7, 11) is 0. The monoisotopic (exact) mass is 762 g/mol. The molecule has 0 unspecified atom stereocenters. The Hall–Kier alpha value is -3.96. The molecule has 0 aliphatic rings. The smallest absolute Gasteiger partial charge is 0.311 e. The largest absolute Gasteiger partial charge is 0.418 e. The number of hydrogen-bond donors (Lipinski definition) is 0. The summed E-state index contributed by atoms with van der Waals surface area (Å²) in [5, 5.41) is 0. The van der Waals surface area contributed by atoms with Gasteiger partial charge in [-0.25, -0.2) is 0 Å². The fourth-order valence-electron chi connectivity index (χ4n) is 5.28. The van der Waals surface area contributed by atoms with E-state index < -0.39 is 70.3 Å². The second-order valence-corrected chi connectivity index (χ2v) is 13.6. The molecule has 306 valence electrons. The fourth-order valence-corrected chi connectivity index (χ4v) is 5.28. The summed E-state index contributed by atoms with van der Waals surface area (Å²) in [6.45, 7) is 11.8. The Morgan fingerprint density at radius 3 is 0.500 bits per heavy atom. The highest BCUT2D eigenvalue weighted by Gasteiger charge is 2.38. The first kappa shape index (κ1) is 48.1. The van der Waals surface area contributed by atoms with Gasteiger partial charge in [0.1, 0.15) is 0 Å². The molecule has 0 bridgehead atoms. The van der Waals surface area contributed by atoms with Gasteiger partial charge < -0.3 is 28.4 Å². The van der Waals surface area contributed by atoms with Gasteiger partial charge in [0.05, 0.1) is 0 Å². The van der Waals surface area contributed by atoms with E-state index in [1.54, 1.807) is 0 Å². The van der Waals surface area contributed by atoms with Crippen molar-refractivity contribution < 1.29 is 57.2 Å². The minimum Gasteiger partial charge on any atom is -0.418 e. The Kier molecular flexibility index (Phi) is 26.2. The van der Waals surface area contributed by atoms with Crippen LogP contribution in [0.15, 0.2) is 0 Å². The number of esters is 6. The highest BCUT2D eigenvalue weighted by atomic mass is 16.6. The van der Waals surface area contributed by atoms with Gasteiger partial charge in [0.25, 0.3) is 0 Å². The van der Waals surface area contributed by atoms with Crippen LogP contribution in [0.1, 0.15) is 196 Å². The number of carbonyl (C=O) groups is 6. The van der Waals surface area contributed by atoms with Crippen molar-refractivity contribution >= 4 is 35.8 Å². The second kappa shape index (κ2) is 29.4. The molecular formula is C42H66O12. The summed E-state index contributed by atoms with van der Waals surface area (Å²) >= 11 is 0. The predicted octanol–water partition coefficient (Wildman–Crippen LogP) is 10.6. The zero-order chi connectivity index (χ0) is 40.1. The third-order valence-corrected chi connectivity index (χ3v) is 8.44. The summed E-state index contributed by atoms with van der Waals surface area (Å²) in [6.07, 6.45) is 11.8. The van der Waals surface area contributed by atoms with Crippen LogP contribution in [-0.2, 0) is 28.8 Å². The molecule has 0 aromatic heterocycles. The van der Waals surface area contributed by atoms with E-state index in [4.69, 9.17) is 28.4 Å². The molecule has 54 heavy (non-hydrogen) atoms. The average Bonchev–Trinajstić information content (AvgIpc) is 3.13. The zero-order valence-electron chi connectivity index (χ0n) is 33.9. The summed E-state index contributed by atoms with van der Waals surface area (Å²) in [5.41, 5.74) is 0. The van der Waals surface area contributed by atoms with Crippen LogP contribution >= 0.6 is 0 Å². The van der Waals surface area contributed by atoms with Gasteiger partial charge >= 0.3 is 35.8 Å². The van der Waals surface area contributed by atoms with Gasteiger partial charge in [-0.2, -0.15) is 0 Å². The third-order valence-electron chi connectivity index (χ3n) is 8.44. The molecule has 12 nitrogen and oxygen atoms in total. The van der Waals surface area contributed by atoms with Crippen LogP contribution in [0.5, 0.6) is 34.5 Å². The molecule has 0 radical (unpaired) electrons. The number of benzene rings is 1. The Labute approximate surface area is 322 Å². The summed E-state index contributed by atoms with van der Waals surface area (Å²) < 4.78 is 35.0. The quantitative estimate of drug-likeness (QED) is 0.0415. The number of rotatable bonds is 30. The maximum atomic E-state index is 13.4. The Morgan fingerprint density at radius 1 is 0.259 bits per heavy atom. The minimum atomic E-state index is -0.764. The topological polar surface area (TPSA) is 158 Å². The Morgan fingerprint density at radius 2 is 0.389 bits per heavy atom. The molecule has 12 heteroatoms. The van der Waals surface area contributed by atoms with Gasteiger partial charge in [-0.05, 0) is 38.5 Å². The van der Waals surface area contributed by atoms with Crippen LogP contribution in [0, 0.1) is 0 Å². The first-order chi connectivity index (χ1) is 26.1. The molecule has 0 saturated heterocycles. The number of ether oxygens (including phenoxy) is 6. The van der Waals surface area contributed by atoms with Crippen LogP contribution in [0.2, 0.25) is 0 Å². The van der Waals surface area contributed by atoms with Gasteiger partial charge in [-0.3, -0.25) is 28.8 Å². The van der Waals surface area contributed by atoms with E-state index in [1.165, 1.54) is 0 Å². The highest BCUT2D eigenvalue weighted by molar-refractivity contribution is 5.90. The van der Waals surface area contributed by atoms with Crippen LogP contribution in [0.25, 0.3) is 0 Å². The zero-order valence-corrected chi connectivity index (χ0v) is 33.9. The van der Waals surface area contributed by atoms with Crippen molar-refractivity contribution in [2.75, 3.05) is 0 Å². The molecule has 0 fully saturated rings. The summed E-state index contributed by atoms with van der Waals surface area (Å²) in [4.78, 5) is 80.4. The molecule has 0 amide bonds. The standard InChI is InChI=1S/C42H66O12/c1-7-13-19-25-31(43)49-37-38(50-32(44)26-20-14-8-2)40(52-34(46)28-22-16-10-4)42(54-36(48)30-24-18-12-6)41(53-35(47)29-23-17-11-5)39(37)51-33(45)27-21-15-9-3/h7-30H2,1-6H3. The van der Waals surface area contributed by atoms with E-state index in [9.17, 15) is 28.8 Å². The van der Waals surface area contributed by atoms with Crippen molar-refractivity contribution in [3.05, 3.63) is 0 Å². The molecule has 0 aliphatic heterocycles. The molecule has 0 spiro atoms. The van der Waals surface area contributed by atoms with Crippen molar-refractivity contribution in [2.24, 2.45) is 0 Å². The molecule has 1 aromatic rings. The Bertz CT molecular complexity index is 1040. The highest BCUT2D eigenvalue weighted by Crippen LogP contribution is 2.59. The van der Waals surface area contributed by atoms with Crippen LogP contribution < -0.4 is 28.4 Å². The lowest BCUT2D eigenvalue weighted by Crippen LogP contribution is -2.20. The van der Waals surface area contributed by atoms with E-state index in [2.05, 4.69) is 0 Å². The van der Waals surface area contributed by atoms with Gasteiger partial charge in [-0.15, -0.1) is 0 Å². The molecule has 0 N–H and O–H groups in total. The normalized spacial score (nSPS) is 10.8. The first-order valence-electron chi connectivity index (χ1n) is 20.5. The summed E-state index contributed by atoms with van der Waals surface area (Å²) in [6, 6.07) is 0. The summed E-state index contributed by atoms with van der Waals surface area (Å²) in [5.74, 6) is -8.15. The lowest BCUT2D eigenvalue weighted by molar-refractivity contribution is -0.140. The lowest BCUT2D eigenvalue weighted by Gasteiger charge is -2.23. The van der Waals surface area contributed by atoms with Crippen LogP contribution in [0.4, 0.5) is 0 Å². The van der Waals surface area contributed by atoms with E-state index in [0.717, 1.165) is 77.0 Å². The number of carbonyl (C=O) groups excluding carboxylic acids is 6. The van der Waals surface area contributed by atoms with E-state index in [0.29, 0.717) is 38.5 Å². The molecule has 1 rings (SSSR count). The molecule has 0 heterocycles. The molecular weight excluding hydrogens is 696 g/mol. The number of hydrogen-bond acceptors (Lipinski definition) is 12. The van der Waals surface area contributed by atoms with Gasteiger partial charge in [0.2, 0.25) is 34.5 Å².